The molecule has 2 N–H and O–H groups in total. The summed E-state index contributed by atoms with van der Waals surface area (Å²) in [6.07, 6.45) is 7.27. The first-order valence-electron chi connectivity index (χ1n) is 6.56. The molecule has 0 heterocycles. The Hall–Kier alpha value is -0.0800. The Morgan fingerprint density at radius 1 is 1.13 bits per heavy atom. The van der Waals surface area contributed by atoms with Gasteiger partial charge in [-0.2, -0.15) is 0 Å². The molecule has 2 aliphatic rings. The predicted molar refractivity (Wildman–Crippen MR) is 62.8 cm³/mol. The minimum atomic E-state index is -0.364. The molecule has 2 saturated carbocycles. The molecule has 0 radical (unpaired) electrons. The summed E-state index contributed by atoms with van der Waals surface area (Å²) in [6, 6.07) is 0.628. The normalized spacial score (nSPS) is 39.8. The Kier molecular flexibility index (Phi) is 3.36. The Morgan fingerprint density at radius 3 is 2.20 bits per heavy atom. The van der Waals surface area contributed by atoms with Gasteiger partial charge in [0.15, 0.2) is 0 Å². The number of aliphatic hydroxyl groups is 1. The molecule has 0 aromatic heterocycles. The summed E-state index contributed by atoms with van der Waals surface area (Å²) in [5, 5.41) is 13.7. The smallest absolute Gasteiger partial charge is 0.0771 e. The molecule has 15 heavy (non-hydrogen) atoms. The van der Waals surface area contributed by atoms with E-state index in [9.17, 15) is 5.11 Å². The van der Waals surface area contributed by atoms with Crippen LogP contribution < -0.4 is 5.32 Å². The number of hydrogen-bond donors (Lipinski definition) is 2. The zero-order valence-corrected chi connectivity index (χ0v) is 10.1. The maximum absolute atomic E-state index is 10.1. The lowest BCUT2D eigenvalue weighted by Gasteiger charge is -2.41. The summed E-state index contributed by atoms with van der Waals surface area (Å²) in [6.45, 7) is 5.50. The SMILES string of the molecule is CC1CCCC(C)C1NCC1(O)CCC1. The van der Waals surface area contributed by atoms with Gasteiger partial charge in [-0.15, -0.1) is 0 Å². The zero-order valence-electron chi connectivity index (χ0n) is 10.1. The summed E-state index contributed by atoms with van der Waals surface area (Å²) in [5.74, 6) is 1.55. The first-order valence-corrected chi connectivity index (χ1v) is 6.56. The molecule has 0 aromatic carbocycles. The van der Waals surface area contributed by atoms with Gasteiger partial charge in [-0.05, 0) is 43.9 Å². The van der Waals surface area contributed by atoms with Crippen molar-refractivity contribution in [3.8, 4) is 0 Å². The minimum Gasteiger partial charge on any atom is -0.389 e. The molecule has 2 atom stereocenters. The first-order chi connectivity index (χ1) is 7.11. The average Bonchev–Trinajstić information content (AvgIpc) is 2.14. The average molecular weight is 211 g/mol. The number of hydrogen-bond acceptors (Lipinski definition) is 2. The molecule has 0 bridgehead atoms. The summed E-state index contributed by atoms with van der Waals surface area (Å²) in [4.78, 5) is 0. The third-order valence-electron chi connectivity index (χ3n) is 4.50. The highest BCUT2D eigenvalue weighted by Crippen LogP contribution is 2.33. The van der Waals surface area contributed by atoms with Crippen LogP contribution in [-0.4, -0.2) is 23.3 Å². The van der Waals surface area contributed by atoms with Crippen LogP contribution in [0, 0.1) is 11.8 Å². The third-order valence-corrected chi connectivity index (χ3v) is 4.50. The van der Waals surface area contributed by atoms with E-state index < -0.39 is 0 Å². The summed E-state index contributed by atoms with van der Waals surface area (Å²) in [7, 11) is 0. The molecule has 88 valence electrons. The molecule has 2 nitrogen and oxygen atoms in total. The molecule has 2 fully saturated rings. The monoisotopic (exact) mass is 211 g/mol. The fraction of sp³-hybridized carbons (Fsp3) is 1.00. The molecule has 0 aliphatic heterocycles. The van der Waals surface area contributed by atoms with Crippen LogP contribution in [0.3, 0.4) is 0 Å². The highest BCUT2D eigenvalue weighted by atomic mass is 16.3. The van der Waals surface area contributed by atoms with E-state index in [0.29, 0.717) is 6.04 Å². The Bertz CT molecular complexity index is 203. The quantitative estimate of drug-likeness (QED) is 0.751. The van der Waals surface area contributed by atoms with Crippen LogP contribution in [0.1, 0.15) is 52.4 Å². The van der Waals surface area contributed by atoms with Crippen molar-refractivity contribution < 1.29 is 5.11 Å². The van der Waals surface area contributed by atoms with Crippen molar-refractivity contribution in [3.05, 3.63) is 0 Å². The summed E-state index contributed by atoms with van der Waals surface area (Å²) < 4.78 is 0. The largest absolute Gasteiger partial charge is 0.389 e. The lowest BCUT2D eigenvalue weighted by molar-refractivity contribution is -0.0368. The van der Waals surface area contributed by atoms with Crippen molar-refractivity contribution in [2.24, 2.45) is 11.8 Å². The van der Waals surface area contributed by atoms with Gasteiger partial charge in [-0.1, -0.05) is 20.3 Å². The van der Waals surface area contributed by atoms with E-state index in [1.807, 2.05) is 0 Å². The fourth-order valence-corrected chi connectivity index (χ4v) is 3.15. The molecular weight excluding hydrogens is 186 g/mol. The maximum Gasteiger partial charge on any atom is 0.0771 e. The molecule has 0 aromatic rings. The van der Waals surface area contributed by atoms with Crippen LogP contribution >= 0.6 is 0 Å². The van der Waals surface area contributed by atoms with E-state index in [2.05, 4.69) is 19.2 Å². The predicted octanol–water partition coefficient (Wildman–Crippen LogP) is 2.32. The van der Waals surface area contributed by atoms with Gasteiger partial charge in [0.25, 0.3) is 0 Å². The van der Waals surface area contributed by atoms with Gasteiger partial charge in [-0.3, -0.25) is 0 Å². The fourth-order valence-electron chi connectivity index (χ4n) is 3.15. The molecule has 2 heteroatoms. The molecule has 0 spiro atoms. The number of rotatable bonds is 3. The van der Waals surface area contributed by atoms with Crippen LogP contribution in [0.2, 0.25) is 0 Å². The van der Waals surface area contributed by atoms with Crippen LogP contribution in [0.4, 0.5) is 0 Å². The van der Waals surface area contributed by atoms with Crippen LogP contribution in [0.5, 0.6) is 0 Å². The van der Waals surface area contributed by atoms with E-state index in [0.717, 1.165) is 31.2 Å². The molecule has 2 unspecified atom stereocenters. The van der Waals surface area contributed by atoms with Crippen LogP contribution in [0.25, 0.3) is 0 Å². The molecule has 2 rings (SSSR count). The molecule has 0 amide bonds. The van der Waals surface area contributed by atoms with E-state index in [-0.39, 0.29) is 5.60 Å². The van der Waals surface area contributed by atoms with E-state index >= 15 is 0 Å². The van der Waals surface area contributed by atoms with Gasteiger partial charge in [0.1, 0.15) is 0 Å². The Labute approximate surface area is 93.5 Å². The minimum absolute atomic E-state index is 0.364. The van der Waals surface area contributed by atoms with Gasteiger partial charge in [0.2, 0.25) is 0 Å². The van der Waals surface area contributed by atoms with Crippen molar-refractivity contribution >= 4 is 0 Å². The number of nitrogens with one attached hydrogen (secondary N) is 1. The lowest BCUT2D eigenvalue weighted by Crippen LogP contribution is -2.52. The van der Waals surface area contributed by atoms with E-state index in [1.165, 1.54) is 25.7 Å². The van der Waals surface area contributed by atoms with Crippen LogP contribution in [-0.2, 0) is 0 Å². The highest BCUT2D eigenvalue weighted by Gasteiger charge is 2.36. The van der Waals surface area contributed by atoms with Gasteiger partial charge >= 0.3 is 0 Å². The Morgan fingerprint density at radius 2 is 1.73 bits per heavy atom. The maximum atomic E-state index is 10.1. The third kappa shape index (κ3) is 2.54. The van der Waals surface area contributed by atoms with Crippen LogP contribution in [0.15, 0.2) is 0 Å². The molecule has 0 saturated heterocycles. The molecule has 2 aliphatic carbocycles. The van der Waals surface area contributed by atoms with Crippen molar-refractivity contribution in [1.29, 1.82) is 0 Å². The second kappa shape index (κ2) is 4.42. The van der Waals surface area contributed by atoms with Gasteiger partial charge < -0.3 is 10.4 Å². The van der Waals surface area contributed by atoms with E-state index in [1.54, 1.807) is 0 Å². The highest BCUT2D eigenvalue weighted by molar-refractivity contribution is 4.92. The first kappa shape index (κ1) is 11.4. The van der Waals surface area contributed by atoms with Gasteiger partial charge in [0, 0.05) is 12.6 Å². The van der Waals surface area contributed by atoms with Crippen molar-refractivity contribution in [2.45, 2.75) is 64.0 Å². The topological polar surface area (TPSA) is 32.3 Å². The van der Waals surface area contributed by atoms with Crippen molar-refractivity contribution in [1.82, 2.24) is 5.32 Å². The summed E-state index contributed by atoms with van der Waals surface area (Å²) >= 11 is 0. The lowest BCUT2D eigenvalue weighted by atomic mass is 9.76. The Balaban J connectivity index is 1.81. The summed E-state index contributed by atoms with van der Waals surface area (Å²) in [5.41, 5.74) is -0.364. The van der Waals surface area contributed by atoms with Gasteiger partial charge in [0.05, 0.1) is 5.60 Å². The standard InChI is InChI=1S/C13H25NO/c1-10-5-3-6-11(2)12(10)14-9-13(15)7-4-8-13/h10-12,14-15H,3-9H2,1-2H3. The second-order valence-corrected chi connectivity index (χ2v) is 5.87. The van der Waals surface area contributed by atoms with E-state index in [4.69, 9.17) is 0 Å². The zero-order chi connectivity index (χ0) is 10.9. The van der Waals surface area contributed by atoms with Crippen molar-refractivity contribution in [2.75, 3.05) is 6.54 Å². The van der Waals surface area contributed by atoms with Crippen molar-refractivity contribution in [3.63, 3.8) is 0 Å². The second-order valence-electron chi connectivity index (χ2n) is 5.87. The van der Waals surface area contributed by atoms with Gasteiger partial charge in [-0.25, -0.2) is 0 Å². The molecular formula is C13H25NO.